The molecule has 0 aromatic heterocycles. The molecule has 0 saturated heterocycles. The number of para-hydroxylation sites is 1. The number of nitrogens with one attached hydrogen (secondary N) is 2. The molecule has 1 aliphatic rings. The van der Waals surface area contributed by atoms with E-state index in [-0.39, 0.29) is 21.8 Å². The zero-order valence-corrected chi connectivity index (χ0v) is 17.3. The lowest BCUT2D eigenvalue weighted by Crippen LogP contribution is -2.40. The summed E-state index contributed by atoms with van der Waals surface area (Å²) in [4.78, 5) is 11.1. The molecule has 0 amide bonds. The van der Waals surface area contributed by atoms with E-state index in [4.69, 9.17) is 26.9 Å². The molecule has 0 saturated carbocycles. The number of hydrogen-bond donors (Lipinski definition) is 3. The van der Waals surface area contributed by atoms with Crippen LogP contribution >= 0.6 is 11.6 Å². The summed E-state index contributed by atoms with van der Waals surface area (Å²) in [6.07, 6.45) is -1.23. The number of benzene rings is 2. The standard InChI is InChI=1S/C22H17ClF4N2O3/c1-21(24)11-12(20(30)31)6-9-18(21)29-16-5-3-2-4-14(16)19(28)32-17-8-7-13(23)10-15(17)22(25,26)27/h2-11,18,28-29H,1H3,(H,30,31). The summed E-state index contributed by atoms with van der Waals surface area (Å²) in [5.74, 6) is -2.49. The molecule has 0 fully saturated rings. The fraction of sp³-hybridized carbons (Fsp3) is 0.182. The van der Waals surface area contributed by atoms with Crippen LogP contribution in [-0.4, -0.2) is 28.7 Å². The second-order valence-electron chi connectivity index (χ2n) is 7.15. The molecule has 3 N–H and O–H groups in total. The lowest BCUT2D eigenvalue weighted by atomic mass is 9.89. The van der Waals surface area contributed by atoms with Gasteiger partial charge < -0.3 is 15.2 Å². The average Bonchev–Trinajstić information content (AvgIpc) is 2.70. The third kappa shape index (κ3) is 5.11. The van der Waals surface area contributed by atoms with Crippen LogP contribution in [0.2, 0.25) is 5.02 Å². The summed E-state index contributed by atoms with van der Waals surface area (Å²) < 4.78 is 60.2. The highest BCUT2D eigenvalue weighted by Crippen LogP contribution is 2.38. The molecule has 0 radical (unpaired) electrons. The van der Waals surface area contributed by atoms with Gasteiger partial charge in [-0.3, -0.25) is 5.41 Å². The van der Waals surface area contributed by atoms with Gasteiger partial charge in [0.1, 0.15) is 5.75 Å². The van der Waals surface area contributed by atoms with Crippen LogP contribution in [0.1, 0.15) is 18.1 Å². The predicted molar refractivity (Wildman–Crippen MR) is 112 cm³/mol. The van der Waals surface area contributed by atoms with Gasteiger partial charge in [0.15, 0.2) is 5.67 Å². The Labute approximate surface area is 185 Å². The Bertz CT molecular complexity index is 1130. The number of carboxylic acid groups (broad SMARTS) is 1. The molecule has 10 heteroatoms. The highest BCUT2D eigenvalue weighted by Gasteiger charge is 2.36. The number of aliphatic carboxylic acids is 1. The third-order valence-corrected chi connectivity index (χ3v) is 4.94. The summed E-state index contributed by atoms with van der Waals surface area (Å²) in [7, 11) is 0. The van der Waals surface area contributed by atoms with Crippen LogP contribution in [0.5, 0.6) is 5.75 Å². The van der Waals surface area contributed by atoms with Crippen molar-refractivity contribution >= 4 is 29.2 Å². The maximum absolute atomic E-state index is 15.1. The second-order valence-corrected chi connectivity index (χ2v) is 7.59. The molecule has 1 aliphatic carbocycles. The minimum atomic E-state index is -4.75. The molecular formula is C22H17ClF4N2O3. The molecule has 3 rings (SSSR count). The highest BCUT2D eigenvalue weighted by molar-refractivity contribution is 6.30. The number of anilines is 1. The number of alkyl halides is 4. The van der Waals surface area contributed by atoms with Crippen molar-refractivity contribution in [3.05, 3.63) is 82.4 Å². The van der Waals surface area contributed by atoms with Crippen LogP contribution in [0.4, 0.5) is 23.2 Å². The second kappa shape index (κ2) is 8.66. The number of hydrogen-bond acceptors (Lipinski definition) is 4. The van der Waals surface area contributed by atoms with Gasteiger partial charge in [-0.25, -0.2) is 9.18 Å². The Morgan fingerprint density at radius 2 is 1.94 bits per heavy atom. The van der Waals surface area contributed by atoms with E-state index in [1.54, 1.807) is 12.1 Å². The molecule has 2 atom stereocenters. The maximum atomic E-state index is 15.1. The zero-order valence-electron chi connectivity index (χ0n) is 16.5. The van der Waals surface area contributed by atoms with Gasteiger partial charge in [0.25, 0.3) is 0 Å². The number of halogens is 5. The molecule has 0 bridgehead atoms. The molecular weight excluding hydrogens is 452 g/mol. The number of rotatable bonds is 5. The van der Waals surface area contributed by atoms with Crippen molar-refractivity contribution in [2.75, 3.05) is 5.32 Å². The third-order valence-electron chi connectivity index (χ3n) is 4.70. The van der Waals surface area contributed by atoms with E-state index < -0.39 is 41.1 Å². The lowest BCUT2D eigenvalue weighted by molar-refractivity contribution is -0.138. The van der Waals surface area contributed by atoms with Crippen molar-refractivity contribution in [3.63, 3.8) is 0 Å². The summed E-state index contributed by atoms with van der Waals surface area (Å²) in [6, 6.07) is 7.97. The maximum Gasteiger partial charge on any atom is 0.420 e. The van der Waals surface area contributed by atoms with Crippen LogP contribution in [0, 0.1) is 5.41 Å². The number of carbonyl (C=O) groups is 1. The van der Waals surface area contributed by atoms with E-state index in [2.05, 4.69) is 5.32 Å². The van der Waals surface area contributed by atoms with Crippen molar-refractivity contribution in [2.24, 2.45) is 0 Å². The summed E-state index contributed by atoms with van der Waals surface area (Å²) >= 11 is 5.66. The molecule has 2 aromatic rings. The topological polar surface area (TPSA) is 82.4 Å². The smallest absolute Gasteiger partial charge is 0.420 e. The van der Waals surface area contributed by atoms with E-state index in [9.17, 15) is 18.0 Å². The monoisotopic (exact) mass is 468 g/mol. The van der Waals surface area contributed by atoms with Crippen molar-refractivity contribution < 1.29 is 32.2 Å². The quantitative estimate of drug-likeness (QED) is 0.292. The van der Waals surface area contributed by atoms with Gasteiger partial charge >= 0.3 is 12.1 Å². The summed E-state index contributed by atoms with van der Waals surface area (Å²) in [5, 5.41) is 20.0. The van der Waals surface area contributed by atoms with E-state index in [1.165, 1.54) is 37.3 Å². The zero-order chi connectivity index (χ0) is 23.7. The minimum absolute atomic E-state index is 0.0767. The Morgan fingerprint density at radius 1 is 1.25 bits per heavy atom. The molecule has 2 unspecified atom stereocenters. The van der Waals surface area contributed by atoms with Crippen LogP contribution < -0.4 is 10.1 Å². The fourth-order valence-corrected chi connectivity index (χ4v) is 3.28. The van der Waals surface area contributed by atoms with E-state index in [1.807, 2.05) is 0 Å². The Morgan fingerprint density at radius 3 is 2.56 bits per heavy atom. The van der Waals surface area contributed by atoms with Crippen LogP contribution in [0.3, 0.4) is 0 Å². The van der Waals surface area contributed by atoms with Gasteiger partial charge in [-0.1, -0.05) is 29.8 Å². The number of ether oxygens (including phenoxy) is 1. The Balaban J connectivity index is 1.88. The van der Waals surface area contributed by atoms with Gasteiger partial charge in [0.2, 0.25) is 5.90 Å². The first-order valence-electron chi connectivity index (χ1n) is 9.21. The van der Waals surface area contributed by atoms with Gasteiger partial charge in [0, 0.05) is 10.7 Å². The molecule has 0 spiro atoms. The molecule has 5 nitrogen and oxygen atoms in total. The Hall–Kier alpha value is -3.33. The van der Waals surface area contributed by atoms with Gasteiger partial charge in [-0.05, 0) is 49.4 Å². The fourth-order valence-electron chi connectivity index (χ4n) is 3.10. The average molecular weight is 469 g/mol. The van der Waals surface area contributed by atoms with Crippen LogP contribution in [-0.2, 0) is 11.0 Å². The number of carboxylic acids is 1. The SMILES string of the molecule is CC1(F)C=C(C(=O)O)C=CC1Nc1ccccc1C(=N)Oc1ccc(Cl)cc1C(F)(F)F. The van der Waals surface area contributed by atoms with E-state index >= 15 is 4.39 Å². The van der Waals surface area contributed by atoms with E-state index in [0.717, 1.165) is 12.1 Å². The van der Waals surface area contributed by atoms with Crippen molar-refractivity contribution in [1.29, 1.82) is 5.41 Å². The first-order valence-corrected chi connectivity index (χ1v) is 9.58. The molecule has 0 aliphatic heterocycles. The Kier molecular flexibility index (Phi) is 6.32. The largest absolute Gasteiger partial charge is 0.478 e. The van der Waals surface area contributed by atoms with Gasteiger partial charge in [-0.15, -0.1) is 0 Å². The van der Waals surface area contributed by atoms with Crippen molar-refractivity contribution in [3.8, 4) is 5.75 Å². The molecule has 0 heterocycles. The normalized spacial score (nSPS) is 20.4. The van der Waals surface area contributed by atoms with Crippen LogP contribution in [0.25, 0.3) is 0 Å². The molecule has 32 heavy (non-hydrogen) atoms. The summed E-state index contributed by atoms with van der Waals surface area (Å²) in [5.41, 5.74) is -3.14. The lowest BCUT2D eigenvalue weighted by Gasteiger charge is -2.31. The van der Waals surface area contributed by atoms with E-state index in [0.29, 0.717) is 6.07 Å². The molecule has 2 aromatic carbocycles. The van der Waals surface area contributed by atoms with Crippen molar-refractivity contribution in [2.45, 2.75) is 24.8 Å². The predicted octanol–water partition coefficient (Wildman–Crippen LogP) is 5.85. The van der Waals surface area contributed by atoms with Gasteiger partial charge in [0.05, 0.1) is 22.7 Å². The van der Waals surface area contributed by atoms with Crippen molar-refractivity contribution in [1.82, 2.24) is 0 Å². The van der Waals surface area contributed by atoms with Crippen LogP contribution in [0.15, 0.2) is 66.3 Å². The van der Waals surface area contributed by atoms with Gasteiger partial charge in [-0.2, -0.15) is 13.2 Å². The molecule has 168 valence electrons. The summed E-state index contributed by atoms with van der Waals surface area (Å²) in [6.45, 7) is 1.19. The first kappa shape index (κ1) is 23.3. The highest BCUT2D eigenvalue weighted by atomic mass is 35.5. The minimum Gasteiger partial charge on any atom is -0.478 e. The first-order chi connectivity index (χ1) is 14.9.